The van der Waals surface area contributed by atoms with Crippen molar-refractivity contribution in [2.24, 2.45) is 0 Å². The number of hydrogen-bond donors (Lipinski definition) is 0. The molecular formula is C16H24N4O2S. The molecule has 126 valence electrons. The minimum Gasteiger partial charge on any atom is -0.493 e. The average Bonchev–Trinajstić information content (AvgIpc) is 2.89. The Morgan fingerprint density at radius 1 is 1.22 bits per heavy atom. The van der Waals surface area contributed by atoms with E-state index in [9.17, 15) is 0 Å². The highest BCUT2D eigenvalue weighted by molar-refractivity contribution is 7.71. The van der Waals surface area contributed by atoms with Gasteiger partial charge in [-0.25, -0.2) is 4.68 Å². The van der Waals surface area contributed by atoms with Crippen molar-refractivity contribution >= 4 is 12.2 Å². The summed E-state index contributed by atoms with van der Waals surface area (Å²) in [5, 5.41) is 4.34. The zero-order valence-corrected chi connectivity index (χ0v) is 15.2. The van der Waals surface area contributed by atoms with Crippen molar-refractivity contribution < 1.29 is 9.47 Å². The highest BCUT2D eigenvalue weighted by Crippen LogP contribution is 2.30. The topological polar surface area (TPSA) is 44.5 Å². The Hall–Kier alpha value is -1.86. The molecule has 0 aliphatic carbocycles. The summed E-state index contributed by atoms with van der Waals surface area (Å²) < 4.78 is 15.2. The highest BCUT2D eigenvalue weighted by atomic mass is 32.1. The third kappa shape index (κ3) is 3.92. The second-order valence-electron chi connectivity index (χ2n) is 5.49. The predicted molar refractivity (Wildman–Crippen MR) is 92.5 cm³/mol. The molecule has 0 bridgehead atoms. The van der Waals surface area contributed by atoms with Crippen LogP contribution in [0.5, 0.6) is 11.5 Å². The van der Waals surface area contributed by atoms with Crippen LogP contribution < -0.4 is 9.47 Å². The molecule has 0 saturated heterocycles. The lowest BCUT2D eigenvalue weighted by atomic mass is 10.1. The van der Waals surface area contributed by atoms with Crippen LogP contribution in [0.1, 0.15) is 18.1 Å². The summed E-state index contributed by atoms with van der Waals surface area (Å²) in [6, 6.07) is 4.02. The summed E-state index contributed by atoms with van der Waals surface area (Å²) >= 11 is 5.41. The van der Waals surface area contributed by atoms with Gasteiger partial charge < -0.3 is 14.0 Å². The fourth-order valence-corrected chi connectivity index (χ4v) is 2.73. The average molecular weight is 336 g/mol. The lowest BCUT2D eigenvalue weighted by molar-refractivity contribution is 0.242. The Balaban J connectivity index is 2.15. The van der Waals surface area contributed by atoms with Crippen molar-refractivity contribution in [3.05, 3.63) is 34.4 Å². The second kappa shape index (κ2) is 7.61. The van der Waals surface area contributed by atoms with E-state index in [1.165, 1.54) is 5.56 Å². The number of hydrogen-bond acceptors (Lipinski definition) is 5. The first-order valence-electron chi connectivity index (χ1n) is 7.52. The van der Waals surface area contributed by atoms with Gasteiger partial charge in [0, 0.05) is 13.1 Å². The molecular weight excluding hydrogens is 312 g/mol. The zero-order chi connectivity index (χ0) is 17.0. The van der Waals surface area contributed by atoms with Gasteiger partial charge in [0.25, 0.3) is 0 Å². The Morgan fingerprint density at radius 3 is 2.43 bits per heavy atom. The van der Waals surface area contributed by atoms with E-state index >= 15 is 0 Å². The van der Waals surface area contributed by atoms with E-state index in [0.717, 1.165) is 34.9 Å². The molecule has 0 amide bonds. The maximum atomic E-state index is 5.41. The normalized spacial score (nSPS) is 11.0. The molecule has 0 atom stereocenters. The molecule has 0 aliphatic rings. The zero-order valence-electron chi connectivity index (χ0n) is 14.4. The molecule has 2 aromatic rings. The minimum absolute atomic E-state index is 0.639. The third-order valence-electron chi connectivity index (χ3n) is 3.80. The van der Waals surface area contributed by atoms with Crippen LogP contribution in [0.15, 0.2) is 18.5 Å². The largest absolute Gasteiger partial charge is 0.493 e. The van der Waals surface area contributed by atoms with Crippen molar-refractivity contribution in [2.45, 2.75) is 33.6 Å². The van der Waals surface area contributed by atoms with Gasteiger partial charge in [0.1, 0.15) is 6.33 Å². The van der Waals surface area contributed by atoms with E-state index in [0.29, 0.717) is 6.67 Å². The molecule has 0 saturated carbocycles. The van der Waals surface area contributed by atoms with E-state index in [4.69, 9.17) is 21.7 Å². The van der Waals surface area contributed by atoms with Gasteiger partial charge in [-0.15, -0.1) is 0 Å². The van der Waals surface area contributed by atoms with E-state index in [1.807, 2.05) is 28.4 Å². The van der Waals surface area contributed by atoms with Gasteiger partial charge in [0.05, 0.1) is 20.9 Å². The van der Waals surface area contributed by atoms with Crippen LogP contribution in [-0.2, 0) is 19.8 Å². The molecule has 2 rings (SSSR count). The highest BCUT2D eigenvalue weighted by Gasteiger charge is 2.11. The molecule has 7 heteroatoms. The molecule has 6 nitrogen and oxygen atoms in total. The molecule has 1 heterocycles. The summed E-state index contributed by atoms with van der Waals surface area (Å²) in [6.45, 7) is 6.37. The third-order valence-corrected chi connectivity index (χ3v) is 4.24. The van der Waals surface area contributed by atoms with Gasteiger partial charge in [-0.1, -0.05) is 0 Å². The molecule has 1 aromatic carbocycles. The number of aromatic nitrogens is 3. The van der Waals surface area contributed by atoms with Crippen LogP contribution in [0.4, 0.5) is 0 Å². The van der Waals surface area contributed by atoms with Crippen molar-refractivity contribution in [1.82, 2.24) is 19.2 Å². The molecule has 0 fully saturated rings. The molecule has 0 N–H and O–H groups in total. The molecule has 0 spiro atoms. The quantitative estimate of drug-likeness (QED) is 0.728. The second-order valence-corrected chi connectivity index (χ2v) is 5.85. The molecule has 1 aromatic heterocycles. The molecule has 0 aliphatic heterocycles. The van der Waals surface area contributed by atoms with Gasteiger partial charge in [0.2, 0.25) is 0 Å². The van der Waals surface area contributed by atoms with Crippen LogP contribution in [0.2, 0.25) is 0 Å². The Bertz CT molecular complexity index is 723. The first-order valence-corrected chi connectivity index (χ1v) is 7.93. The monoisotopic (exact) mass is 336 g/mol. The number of aryl methyl sites for hydroxylation is 2. The molecule has 0 radical (unpaired) electrons. The summed E-state index contributed by atoms with van der Waals surface area (Å²) in [6.07, 6.45) is 1.78. The standard InChI is InChI=1S/C16H24N4O2S/c1-6-19-10-17-20(16(19)23)11-18(3)9-13-8-15(22-5)14(21-4)7-12(13)2/h7-8,10H,6,9,11H2,1-5H3. The predicted octanol–water partition coefficient (Wildman–Crippen LogP) is 2.85. The van der Waals surface area contributed by atoms with Crippen LogP contribution >= 0.6 is 12.2 Å². The fraction of sp³-hybridized carbons (Fsp3) is 0.500. The van der Waals surface area contributed by atoms with E-state index < -0.39 is 0 Å². The van der Waals surface area contributed by atoms with Crippen LogP contribution in [0.3, 0.4) is 0 Å². The Labute approximate surface area is 142 Å². The maximum absolute atomic E-state index is 5.41. The summed E-state index contributed by atoms with van der Waals surface area (Å²) in [5.41, 5.74) is 2.35. The smallest absolute Gasteiger partial charge is 0.198 e. The number of ether oxygens (including phenoxy) is 2. The molecule has 23 heavy (non-hydrogen) atoms. The first kappa shape index (κ1) is 17.5. The minimum atomic E-state index is 0.639. The Kier molecular flexibility index (Phi) is 5.79. The number of nitrogens with zero attached hydrogens (tertiary/aromatic N) is 4. The fourth-order valence-electron chi connectivity index (χ4n) is 2.45. The van der Waals surface area contributed by atoms with E-state index in [2.05, 4.69) is 23.8 Å². The van der Waals surface area contributed by atoms with Crippen molar-refractivity contribution in [2.75, 3.05) is 21.3 Å². The van der Waals surface area contributed by atoms with E-state index in [-0.39, 0.29) is 0 Å². The summed E-state index contributed by atoms with van der Waals surface area (Å²) in [4.78, 5) is 2.16. The van der Waals surface area contributed by atoms with Gasteiger partial charge in [0.15, 0.2) is 16.3 Å². The van der Waals surface area contributed by atoms with Gasteiger partial charge >= 0.3 is 0 Å². The lowest BCUT2D eigenvalue weighted by Gasteiger charge is -2.19. The summed E-state index contributed by atoms with van der Waals surface area (Å²) in [7, 11) is 5.34. The lowest BCUT2D eigenvalue weighted by Crippen LogP contribution is -2.23. The Morgan fingerprint density at radius 2 is 1.87 bits per heavy atom. The maximum Gasteiger partial charge on any atom is 0.198 e. The molecule has 0 unspecified atom stereocenters. The van der Waals surface area contributed by atoms with Crippen molar-refractivity contribution in [1.29, 1.82) is 0 Å². The number of benzene rings is 1. The van der Waals surface area contributed by atoms with Gasteiger partial charge in [-0.3, -0.25) is 4.90 Å². The summed E-state index contributed by atoms with van der Waals surface area (Å²) in [5.74, 6) is 1.49. The van der Waals surface area contributed by atoms with Crippen molar-refractivity contribution in [3.8, 4) is 11.5 Å². The SMILES string of the molecule is CCn1cnn(CN(C)Cc2cc(OC)c(OC)cc2C)c1=S. The van der Waals surface area contributed by atoms with Crippen LogP contribution in [-0.4, -0.2) is 40.5 Å². The van der Waals surface area contributed by atoms with Crippen LogP contribution in [0, 0.1) is 11.7 Å². The number of rotatable bonds is 7. The number of methoxy groups -OCH3 is 2. The van der Waals surface area contributed by atoms with E-state index in [1.54, 1.807) is 20.5 Å². The van der Waals surface area contributed by atoms with Crippen molar-refractivity contribution in [3.63, 3.8) is 0 Å². The van der Waals surface area contributed by atoms with Gasteiger partial charge in [-0.05, 0) is 56.4 Å². The van der Waals surface area contributed by atoms with Gasteiger partial charge in [-0.2, -0.15) is 5.10 Å². The van der Waals surface area contributed by atoms with Crippen LogP contribution in [0.25, 0.3) is 0 Å². The first-order chi connectivity index (χ1) is 11.0.